The van der Waals surface area contributed by atoms with Crippen LogP contribution in [0.25, 0.3) is 22.3 Å². The molecule has 0 amide bonds. The smallest absolute Gasteiger partial charge is 0.222 e. The van der Waals surface area contributed by atoms with E-state index in [-0.39, 0.29) is 0 Å². The zero-order valence-electron chi connectivity index (χ0n) is 8.29. The molecule has 1 aromatic carbocycles. The lowest BCUT2D eigenvalue weighted by atomic mass is 10.1. The quantitative estimate of drug-likeness (QED) is 0.666. The highest BCUT2D eigenvalue weighted by Gasteiger charge is 2.05. The normalized spacial score (nSPS) is 10.8. The zero-order valence-corrected chi connectivity index (χ0v) is 8.29. The second-order valence-electron chi connectivity index (χ2n) is 3.37. The average molecular weight is 212 g/mol. The predicted molar refractivity (Wildman–Crippen MR) is 59.4 cm³/mol. The van der Waals surface area contributed by atoms with Gasteiger partial charge in [-0.2, -0.15) is 0 Å². The lowest BCUT2D eigenvalue weighted by Gasteiger charge is -1.98. The molecule has 78 valence electrons. The molecule has 2 aromatic heterocycles. The third kappa shape index (κ3) is 1.38. The van der Waals surface area contributed by atoms with Gasteiger partial charge in [-0.1, -0.05) is 11.2 Å². The van der Waals surface area contributed by atoms with Gasteiger partial charge in [-0.25, -0.2) is 0 Å². The van der Waals surface area contributed by atoms with Crippen LogP contribution in [0.3, 0.4) is 0 Å². The molecule has 2 N–H and O–H groups in total. The summed E-state index contributed by atoms with van der Waals surface area (Å²) in [6.45, 7) is 0. The molecule has 0 unspecified atom stereocenters. The molecule has 0 fully saturated rings. The van der Waals surface area contributed by atoms with E-state index >= 15 is 0 Å². The van der Waals surface area contributed by atoms with Crippen molar-refractivity contribution in [2.24, 2.45) is 0 Å². The Morgan fingerprint density at radius 2 is 1.81 bits per heavy atom. The highest BCUT2D eigenvalue weighted by atomic mass is 16.5. The third-order valence-corrected chi connectivity index (χ3v) is 2.29. The van der Waals surface area contributed by atoms with Crippen molar-refractivity contribution in [1.82, 2.24) is 15.1 Å². The van der Waals surface area contributed by atoms with Crippen molar-refractivity contribution in [3.8, 4) is 11.3 Å². The van der Waals surface area contributed by atoms with Crippen molar-refractivity contribution >= 4 is 16.9 Å². The van der Waals surface area contributed by atoms with Crippen LogP contribution in [0.2, 0.25) is 0 Å². The number of aromatic nitrogens is 3. The Bertz CT molecular complexity index is 647. The summed E-state index contributed by atoms with van der Waals surface area (Å²) in [4.78, 5) is 8.41. The minimum absolute atomic E-state index is 0.300. The number of fused-ring (bicyclic) bond motifs is 1. The predicted octanol–water partition coefficient (Wildman–Crippen LogP) is 1.87. The molecule has 0 saturated carbocycles. The summed E-state index contributed by atoms with van der Waals surface area (Å²) < 4.78 is 4.82. The Labute approximate surface area is 90.9 Å². The molecule has 2 heterocycles. The van der Waals surface area contributed by atoms with Crippen molar-refractivity contribution in [3.05, 3.63) is 36.7 Å². The number of benzene rings is 1. The van der Waals surface area contributed by atoms with Crippen LogP contribution in [0.5, 0.6) is 0 Å². The van der Waals surface area contributed by atoms with Gasteiger partial charge >= 0.3 is 0 Å². The van der Waals surface area contributed by atoms with Gasteiger partial charge in [0.25, 0.3) is 0 Å². The van der Waals surface area contributed by atoms with Gasteiger partial charge in [-0.15, -0.1) is 0 Å². The Morgan fingerprint density at radius 3 is 2.56 bits per heavy atom. The van der Waals surface area contributed by atoms with Gasteiger partial charge in [-0.05, 0) is 12.1 Å². The van der Waals surface area contributed by atoms with E-state index in [1.807, 2.05) is 18.2 Å². The summed E-state index contributed by atoms with van der Waals surface area (Å²) in [5, 5.41) is 3.84. The lowest BCUT2D eigenvalue weighted by molar-refractivity contribution is 0.439. The number of nitrogens with zero attached hydrogens (tertiary/aromatic N) is 3. The second kappa shape index (κ2) is 3.30. The van der Waals surface area contributed by atoms with Crippen LogP contribution in [-0.2, 0) is 0 Å². The Morgan fingerprint density at radius 1 is 1.00 bits per heavy atom. The Hall–Kier alpha value is -2.43. The second-order valence-corrected chi connectivity index (χ2v) is 3.37. The van der Waals surface area contributed by atoms with Crippen molar-refractivity contribution < 1.29 is 4.52 Å². The van der Waals surface area contributed by atoms with E-state index in [2.05, 4.69) is 15.1 Å². The van der Waals surface area contributed by atoms with Crippen molar-refractivity contribution in [3.63, 3.8) is 0 Å². The summed E-state index contributed by atoms with van der Waals surface area (Å²) in [6, 6.07) is 7.38. The van der Waals surface area contributed by atoms with Crippen LogP contribution < -0.4 is 5.73 Å². The SMILES string of the molecule is Nc1cc(-c2ccc3nccnc3c2)no1. The summed E-state index contributed by atoms with van der Waals surface area (Å²) in [5.74, 6) is 0.300. The summed E-state index contributed by atoms with van der Waals surface area (Å²) in [7, 11) is 0. The maximum Gasteiger partial charge on any atom is 0.222 e. The number of anilines is 1. The molecular formula is C11H8N4O. The fraction of sp³-hybridized carbons (Fsp3) is 0. The molecule has 0 aliphatic heterocycles. The van der Waals surface area contributed by atoms with E-state index < -0.39 is 0 Å². The van der Waals surface area contributed by atoms with Gasteiger partial charge in [0.05, 0.1) is 11.0 Å². The topological polar surface area (TPSA) is 77.8 Å². The number of nitrogens with two attached hydrogens (primary N) is 1. The number of rotatable bonds is 1. The van der Waals surface area contributed by atoms with E-state index in [1.165, 1.54) is 0 Å². The molecule has 0 aliphatic carbocycles. The number of nitrogen functional groups attached to an aromatic ring is 1. The van der Waals surface area contributed by atoms with Crippen molar-refractivity contribution in [1.29, 1.82) is 0 Å². The molecule has 0 bridgehead atoms. The first-order valence-corrected chi connectivity index (χ1v) is 4.76. The maximum atomic E-state index is 5.47. The van der Waals surface area contributed by atoms with Gasteiger partial charge in [0.2, 0.25) is 5.88 Å². The van der Waals surface area contributed by atoms with E-state index in [1.54, 1.807) is 18.5 Å². The molecule has 0 aliphatic rings. The minimum Gasteiger partial charge on any atom is -0.368 e. The lowest BCUT2D eigenvalue weighted by Crippen LogP contribution is -1.83. The van der Waals surface area contributed by atoms with Gasteiger partial charge < -0.3 is 10.3 Å². The summed E-state index contributed by atoms with van der Waals surface area (Å²) in [6.07, 6.45) is 3.32. The highest BCUT2D eigenvalue weighted by Crippen LogP contribution is 2.22. The zero-order chi connectivity index (χ0) is 11.0. The largest absolute Gasteiger partial charge is 0.368 e. The molecule has 0 saturated heterocycles. The van der Waals surface area contributed by atoms with Gasteiger partial charge in [0.15, 0.2) is 0 Å². The first-order chi connectivity index (χ1) is 7.83. The molecule has 16 heavy (non-hydrogen) atoms. The first kappa shape index (κ1) is 8.84. The molecule has 3 aromatic rings. The van der Waals surface area contributed by atoms with Gasteiger partial charge in [-0.3, -0.25) is 9.97 Å². The molecule has 3 rings (SSSR count). The Balaban J connectivity index is 2.18. The number of hydrogen-bond donors (Lipinski definition) is 1. The van der Waals surface area contributed by atoms with Crippen molar-refractivity contribution in [2.75, 3.05) is 5.73 Å². The molecule has 0 radical (unpaired) electrons. The van der Waals surface area contributed by atoms with Crippen LogP contribution in [0, 0.1) is 0 Å². The highest BCUT2D eigenvalue weighted by molar-refractivity contribution is 5.80. The molecular weight excluding hydrogens is 204 g/mol. The minimum atomic E-state index is 0.300. The fourth-order valence-corrected chi connectivity index (χ4v) is 1.55. The third-order valence-electron chi connectivity index (χ3n) is 2.29. The molecule has 0 spiro atoms. The molecule has 0 atom stereocenters. The van der Waals surface area contributed by atoms with Crippen molar-refractivity contribution in [2.45, 2.75) is 0 Å². The van der Waals surface area contributed by atoms with Crippen LogP contribution >= 0.6 is 0 Å². The average Bonchev–Trinajstić information content (AvgIpc) is 2.75. The van der Waals surface area contributed by atoms with E-state index in [9.17, 15) is 0 Å². The molecule has 5 heteroatoms. The fourth-order valence-electron chi connectivity index (χ4n) is 1.55. The van der Waals surface area contributed by atoms with Crippen LogP contribution in [0.1, 0.15) is 0 Å². The number of hydrogen-bond acceptors (Lipinski definition) is 5. The van der Waals surface area contributed by atoms with Crippen LogP contribution in [-0.4, -0.2) is 15.1 Å². The van der Waals surface area contributed by atoms with E-state index in [4.69, 9.17) is 10.3 Å². The first-order valence-electron chi connectivity index (χ1n) is 4.76. The maximum absolute atomic E-state index is 5.47. The summed E-state index contributed by atoms with van der Waals surface area (Å²) >= 11 is 0. The van der Waals surface area contributed by atoms with E-state index in [0.717, 1.165) is 16.6 Å². The monoisotopic (exact) mass is 212 g/mol. The van der Waals surface area contributed by atoms with E-state index in [0.29, 0.717) is 11.6 Å². The summed E-state index contributed by atoms with van der Waals surface area (Å²) in [5.41, 5.74) is 8.75. The standard InChI is InChI=1S/C11H8N4O/c12-11-6-9(15-16-11)7-1-2-8-10(5-7)14-4-3-13-8/h1-6H,12H2. The van der Waals surface area contributed by atoms with Crippen LogP contribution in [0.4, 0.5) is 5.88 Å². The van der Waals surface area contributed by atoms with Gasteiger partial charge in [0, 0.05) is 24.0 Å². The molecule has 5 nitrogen and oxygen atoms in total. The van der Waals surface area contributed by atoms with Crippen LogP contribution in [0.15, 0.2) is 41.2 Å². The Kier molecular flexibility index (Phi) is 1.83. The van der Waals surface area contributed by atoms with Gasteiger partial charge in [0.1, 0.15) is 5.69 Å².